The van der Waals surface area contributed by atoms with Gasteiger partial charge >= 0.3 is 0 Å². The molecule has 0 saturated carbocycles. The Morgan fingerprint density at radius 3 is 2.50 bits per heavy atom. The number of rotatable bonds is 9. The number of hydrogen-bond acceptors (Lipinski definition) is 12. The standard InChI is InChI=1S/C25H21ClN8O6S2/c1-15(12-22-29-31-24(40-22)16-10-11-27-21(13-16)39-2)33-42(37,38)25-32-30-23(34(25)20-7-5-4-6-18(20)26)19-9-8-17(14-28-19)41(3,35)36/h4-14,33H,1-3H3/b15-12+. The van der Waals surface area contributed by atoms with E-state index in [1.54, 1.807) is 36.4 Å². The number of hydrogen-bond donors (Lipinski definition) is 1. The Hall–Kier alpha value is -4.67. The summed E-state index contributed by atoms with van der Waals surface area (Å²) >= 11 is 6.43. The molecule has 42 heavy (non-hydrogen) atoms. The van der Waals surface area contributed by atoms with Crippen molar-refractivity contribution in [2.45, 2.75) is 17.0 Å². The topological polar surface area (TPSA) is 185 Å². The van der Waals surface area contributed by atoms with Crippen LogP contribution in [0.2, 0.25) is 5.02 Å². The van der Waals surface area contributed by atoms with Crippen LogP contribution in [0.4, 0.5) is 0 Å². The molecule has 14 nitrogen and oxygen atoms in total. The van der Waals surface area contributed by atoms with Crippen LogP contribution >= 0.6 is 11.6 Å². The number of allylic oxidation sites excluding steroid dienone is 1. The van der Waals surface area contributed by atoms with E-state index >= 15 is 0 Å². The predicted molar refractivity (Wildman–Crippen MR) is 151 cm³/mol. The summed E-state index contributed by atoms with van der Waals surface area (Å²) in [5.41, 5.74) is 1.10. The number of sulfonamides is 1. The van der Waals surface area contributed by atoms with Gasteiger partial charge in [-0.3, -0.25) is 14.3 Å². The number of halogens is 1. The smallest absolute Gasteiger partial charge is 0.297 e. The van der Waals surface area contributed by atoms with E-state index in [0.29, 0.717) is 11.4 Å². The molecule has 4 aromatic heterocycles. The molecule has 0 atom stereocenters. The number of nitrogens with zero attached hydrogens (tertiary/aromatic N) is 7. The van der Waals surface area contributed by atoms with Gasteiger partial charge in [-0.1, -0.05) is 23.7 Å². The fraction of sp³-hybridized carbons (Fsp3) is 0.120. The van der Waals surface area contributed by atoms with Crippen molar-refractivity contribution in [1.82, 2.24) is 39.7 Å². The van der Waals surface area contributed by atoms with Gasteiger partial charge in [0.2, 0.25) is 17.7 Å². The summed E-state index contributed by atoms with van der Waals surface area (Å²) in [4.78, 5) is 8.18. The first-order valence-corrected chi connectivity index (χ1v) is 15.6. The highest BCUT2D eigenvalue weighted by Crippen LogP contribution is 2.29. The van der Waals surface area contributed by atoms with Crippen LogP contribution in [0.25, 0.3) is 34.7 Å². The number of aromatic nitrogens is 7. The molecule has 0 spiro atoms. The average Bonchev–Trinajstić information content (AvgIpc) is 3.61. The first-order chi connectivity index (χ1) is 20.0. The van der Waals surface area contributed by atoms with Crippen LogP contribution in [0.1, 0.15) is 12.8 Å². The maximum atomic E-state index is 13.6. The third-order valence-corrected chi connectivity index (χ3v) is 8.38. The molecule has 0 unspecified atom stereocenters. The second-order valence-corrected chi connectivity index (χ2v) is 12.7. The minimum Gasteiger partial charge on any atom is -0.481 e. The fourth-order valence-corrected chi connectivity index (χ4v) is 5.66. The minimum absolute atomic E-state index is 0.0134. The zero-order chi connectivity index (χ0) is 30.1. The highest BCUT2D eigenvalue weighted by molar-refractivity contribution is 7.90. The maximum absolute atomic E-state index is 13.6. The molecule has 0 aliphatic rings. The molecule has 5 aromatic rings. The van der Waals surface area contributed by atoms with Gasteiger partial charge in [0.25, 0.3) is 15.2 Å². The third-order valence-electron chi connectivity index (χ3n) is 5.63. The van der Waals surface area contributed by atoms with Crippen molar-refractivity contribution in [2.75, 3.05) is 13.4 Å². The Labute approximate surface area is 245 Å². The van der Waals surface area contributed by atoms with Crippen molar-refractivity contribution in [3.63, 3.8) is 0 Å². The number of nitrogens with one attached hydrogen (secondary N) is 1. The van der Waals surface area contributed by atoms with Crippen LogP contribution in [0, 0.1) is 0 Å². The lowest BCUT2D eigenvalue weighted by Crippen LogP contribution is -2.25. The lowest BCUT2D eigenvalue weighted by atomic mass is 10.3. The van der Waals surface area contributed by atoms with Gasteiger partial charge in [0, 0.05) is 42.1 Å². The van der Waals surface area contributed by atoms with E-state index in [1.165, 1.54) is 43.0 Å². The molecule has 1 N–H and O–H groups in total. The normalized spacial score (nSPS) is 12.3. The number of para-hydroxylation sites is 1. The number of methoxy groups -OCH3 is 1. The SMILES string of the molecule is COc1cc(-c2nnc(/C=C(\C)NS(=O)(=O)c3nnc(-c4ccc(S(C)(=O)=O)cn4)n3-c3ccccc3Cl)o2)ccn1. The predicted octanol–water partition coefficient (Wildman–Crippen LogP) is 3.18. The summed E-state index contributed by atoms with van der Waals surface area (Å²) in [5.74, 6) is 0.578. The lowest BCUT2D eigenvalue weighted by molar-refractivity contribution is 0.398. The summed E-state index contributed by atoms with van der Waals surface area (Å²) in [5, 5.41) is 15.6. The van der Waals surface area contributed by atoms with Gasteiger partial charge in [0.15, 0.2) is 15.7 Å². The molecule has 0 aliphatic carbocycles. The maximum Gasteiger partial charge on any atom is 0.297 e. The van der Waals surface area contributed by atoms with Gasteiger partial charge in [0.05, 0.1) is 22.7 Å². The number of ether oxygens (including phenoxy) is 1. The van der Waals surface area contributed by atoms with E-state index in [9.17, 15) is 16.8 Å². The number of sulfone groups is 1. The molecular weight excluding hydrogens is 608 g/mol. The molecule has 5 rings (SSSR count). The van der Waals surface area contributed by atoms with E-state index in [0.717, 1.165) is 12.5 Å². The highest BCUT2D eigenvalue weighted by atomic mass is 35.5. The van der Waals surface area contributed by atoms with Crippen LogP contribution in [0.15, 0.2) is 81.1 Å². The molecular formula is C25H21ClN8O6S2. The zero-order valence-electron chi connectivity index (χ0n) is 22.1. The minimum atomic E-state index is -4.37. The van der Waals surface area contributed by atoms with Crippen LogP contribution in [0.3, 0.4) is 0 Å². The molecule has 0 aliphatic heterocycles. The quantitative estimate of drug-likeness (QED) is 0.252. The molecule has 0 radical (unpaired) electrons. The summed E-state index contributed by atoms with van der Waals surface area (Å²) in [6.07, 6.45) is 5.06. The summed E-state index contributed by atoms with van der Waals surface area (Å²) in [6.45, 7) is 1.49. The third kappa shape index (κ3) is 6.00. The molecule has 216 valence electrons. The number of pyridine rings is 2. The van der Waals surface area contributed by atoms with Crippen molar-refractivity contribution in [3.05, 3.63) is 77.5 Å². The first-order valence-electron chi connectivity index (χ1n) is 11.9. The molecule has 0 bridgehead atoms. The summed E-state index contributed by atoms with van der Waals surface area (Å²) in [6, 6.07) is 12.5. The van der Waals surface area contributed by atoms with E-state index < -0.39 is 25.0 Å². The largest absolute Gasteiger partial charge is 0.481 e. The van der Waals surface area contributed by atoms with Gasteiger partial charge < -0.3 is 9.15 Å². The van der Waals surface area contributed by atoms with Gasteiger partial charge in [-0.25, -0.2) is 13.4 Å². The second-order valence-electron chi connectivity index (χ2n) is 8.71. The Morgan fingerprint density at radius 1 is 1.02 bits per heavy atom. The molecule has 4 heterocycles. The second kappa shape index (κ2) is 11.3. The van der Waals surface area contributed by atoms with Crippen LogP contribution in [0.5, 0.6) is 5.88 Å². The van der Waals surface area contributed by atoms with Crippen LogP contribution in [-0.2, 0) is 19.9 Å². The van der Waals surface area contributed by atoms with E-state index in [4.69, 9.17) is 20.8 Å². The number of benzene rings is 1. The molecule has 0 fully saturated rings. The molecule has 17 heteroatoms. The van der Waals surface area contributed by atoms with Crippen molar-refractivity contribution < 1.29 is 26.0 Å². The molecule has 0 amide bonds. The molecule has 0 saturated heterocycles. The van der Waals surface area contributed by atoms with Gasteiger partial charge in [-0.2, -0.15) is 8.42 Å². The Balaban J connectivity index is 1.50. The summed E-state index contributed by atoms with van der Waals surface area (Å²) < 4.78 is 65.3. The molecule has 1 aromatic carbocycles. The van der Waals surface area contributed by atoms with Crippen molar-refractivity contribution in [1.29, 1.82) is 0 Å². The highest BCUT2D eigenvalue weighted by Gasteiger charge is 2.28. The fourth-order valence-electron chi connectivity index (χ4n) is 3.73. The summed E-state index contributed by atoms with van der Waals surface area (Å²) in [7, 11) is -6.41. The monoisotopic (exact) mass is 628 g/mol. The van der Waals surface area contributed by atoms with E-state index in [1.807, 2.05) is 0 Å². The van der Waals surface area contributed by atoms with E-state index in [-0.39, 0.29) is 44.6 Å². The van der Waals surface area contributed by atoms with E-state index in [2.05, 4.69) is 35.1 Å². The zero-order valence-corrected chi connectivity index (χ0v) is 24.5. The first kappa shape index (κ1) is 28.8. The van der Waals surface area contributed by atoms with Crippen LogP contribution in [-0.4, -0.2) is 65.1 Å². The van der Waals surface area contributed by atoms with Crippen molar-refractivity contribution in [2.24, 2.45) is 0 Å². The van der Waals surface area contributed by atoms with Crippen molar-refractivity contribution in [3.8, 4) is 34.5 Å². The Bertz CT molecular complexity index is 2020. The lowest BCUT2D eigenvalue weighted by Gasteiger charge is -2.13. The Kier molecular flexibility index (Phi) is 7.77. The average molecular weight is 629 g/mol. The Morgan fingerprint density at radius 2 is 1.81 bits per heavy atom. The van der Waals surface area contributed by atoms with Gasteiger partial charge in [-0.15, -0.1) is 20.4 Å². The van der Waals surface area contributed by atoms with Gasteiger partial charge in [-0.05, 0) is 37.3 Å². The van der Waals surface area contributed by atoms with Gasteiger partial charge in [0.1, 0.15) is 5.69 Å². The van der Waals surface area contributed by atoms with Crippen molar-refractivity contribution >= 4 is 37.5 Å². The van der Waals surface area contributed by atoms with Crippen LogP contribution < -0.4 is 9.46 Å².